The molecule has 0 heterocycles. The van der Waals surface area contributed by atoms with Crippen LogP contribution in [0.15, 0.2) is 48.5 Å². The third-order valence-corrected chi connectivity index (χ3v) is 4.30. The Morgan fingerprint density at radius 2 is 1.77 bits per heavy atom. The van der Waals surface area contributed by atoms with E-state index in [1.54, 1.807) is 18.2 Å². The van der Waals surface area contributed by atoms with Gasteiger partial charge in [0.15, 0.2) is 6.61 Å². The van der Waals surface area contributed by atoms with Crippen LogP contribution in [0, 0.1) is 0 Å². The van der Waals surface area contributed by atoms with Crippen molar-refractivity contribution in [2.24, 2.45) is 0 Å². The topological polar surface area (TPSA) is 55.4 Å². The molecular weight excluding hydrogens is 373 g/mol. The molecule has 0 aromatic heterocycles. The number of anilines is 1. The van der Waals surface area contributed by atoms with Gasteiger partial charge in [-0.05, 0) is 41.3 Å². The first-order valence-corrected chi connectivity index (χ1v) is 8.80. The molecule has 0 aliphatic heterocycles. The maximum absolute atomic E-state index is 11.8. The number of amides is 1. The quantitative estimate of drug-likeness (QED) is 0.535. The molecule has 0 bridgehead atoms. The summed E-state index contributed by atoms with van der Waals surface area (Å²) in [4.78, 5) is 23.5. The Hall–Kier alpha value is -2.30. The Balaban J connectivity index is 1.81. The SMILES string of the molecule is CC(C)c1ccc(/C=C/C(=O)OCC(=O)Nc2ccc(Cl)c(Cl)c2)cc1. The first-order chi connectivity index (χ1) is 12.3. The average Bonchev–Trinajstić information content (AvgIpc) is 2.61. The van der Waals surface area contributed by atoms with Gasteiger partial charge in [-0.25, -0.2) is 4.79 Å². The lowest BCUT2D eigenvalue weighted by molar-refractivity contribution is -0.142. The minimum absolute atomic E-state index is 0.327. The Bertz CT molecular complexity index is 814. The fraction of sp³-hybridized carbons (Fsp3) is 0.200. The fourth-order valence-corrected chi connectivity index (χ4v) is 2.41. The molecule has 0 radical (unpaired) electrons. The Morgan fingerprint density at radius 3 is 2.38 bits per heavy atom. The Kier molecular flexibility index (Phi) is 7.25. The third-order valence-electron chi connectivity index (χ3n) is 3.56. The van der Waals surface area contributed by atoms with Crippen molar-refractivity contribution in [3.05, 3.63) is 69.7 Å². The van der Waals surface area contributed by atoms with Crippen molar-refractivity contribution >= 4 is 46.8 Å². The van der Waals surface area contributed by atoms with Crippen molar-refractivity contribution < 1.29 is 14.3 Å². The van der Waals surface area contributed by atoms with Gasteiger partial charge in [0.25, 0.3) is 5.91 Å². The van der Waals surface area contributed by atoms with Crippen LogP contribution in [0.4, 0.5) is 5.69 Å². The van der Waals surface area contributed by atoms with Gasteiger partial charge in [0.05, 0.1) is 10.0 Å². The van der Waals surface area contributed by atoms with Gasteiger partial charge in [-0.2, -0.15) is 0 Å². The number of esters is 1. The summed E-state index contributed by atoms with van der Waals surface area (Å²) >= 11 is 11.7. The highest BCUT2D eigenvalue weighted by Crippen LogP contribution is 2.24. The number of hydrogen-bond acceptors (Lipinski definition) is 3. The molecule has 0 atom stereocenters. The number of rotatable bonds is 6. The standard InChI is InChI=1S/C20H19Cl2NO3/c1-13(2)15-6-3-14(4-7-15)5-10-20(25)26-12-19(24)23-16-8-9-17(21)18(22)11-16/h3-11,13H,12H2,1-2H3,(H,23,24)/b10-5+. The first kappa shape index (κ1) is 20.0. The molecular formula is C20H19Cl2NO3. The zero-order valence-corrected chi connectivity index (χ0v) is 16.0. The van der Waals surface area contributed by atoms with Crippen LogP contribution in [-0.2, 0) is 14.3 Å². The lowest BCUT2D eigenvalue weighted by atomic mass is 10.0. The smallest absolute Gasteiger partial charge is 0.331 e. The number of halogens is 2. The lowest BCUT2D eigenvalue weighted by Gasteiger charge is -2.06. The largest absolute Gasteiger partial charge is 0.452 e. The van der Waals surface area contributed by atoms with Gasteiger partial charge >= 0.3 is 5.97 Å². The molecule has 1 amide bonds. The molecule has 0 aliphatic rings. The summed E-state index contributed by atoms with van der Waals surface area (Å²) in [6.07, 6.45) is 2.93. The normalized spacial score (nSPS) is 11.0. The van der Waals surface area contributed by atoms with E-state index in [9.17, 15) is 9.59 Å². The van der Waals surface area contributed by atoms with Crippen LogP contribution in [0.25, 0.3) is 6.08 Å². The highest BCUT2D eigenvalue weighted by atomic mass is 35.5. The predicted octanol–water partition coefficient (Wildman–Crippen LogP) is 5.31. The molecule has 1 N–H and O–H groups in total. The van der Waals surface area contributed by atoms with Crippen LogP contribution in [-0.4, -0.2) is 18.5 Å². The van der Waals surface area contributed by atoms with Gasteiger partial charge < -0.3 is 10.1 Å². The number of carbonyl (C=O) groups is 2. The van der Waals surface area contributed by atoms with Crippen LogP contribution in [0.1, 0.15) is 30.9 Å². The molecule has 0 unspecified atom stereocenters. The molecule has 2 aromatic carbocycles. The molecule has 0 aliphatic carbocycles. The molecule has 2 aromatic rings. The number of carbonyl (C=O) groups excluding carboxylic acids is 2. The minimum Gasteiger partial charge on any atom is -0.452 e. The van der Waals surface area contributed by atoms with Crippen molar-refractivity contribution in [3.63, 3.8) is 0 Å². The highest BCUT2D eigenvalue weighted by molar-refractivity contribution is 6.42. The predicted molar refractivity (Wildman–Crippen MR) is 106 cm³/mol. The zero-order chi connectivity index (χ0) is 19.1. The summed E-state index contributed by atoms with van der Waals surface area (Å²) in [6.45, 7) is 3.84. The first-order valence-electron chi connectivity index (χ1n) is 8.05. The second-order valence-corrected chi connectivity index (χ2v) is 6.75. The van der Waals surface area contributed by atoms with E-state index < -0.39 is 18.5 Å². The highest BCUT2D eigenvalue weighted by Gasteiger charge is 2.07. The van der Waals surface area contributed by atoms with Crippen LogP contribution >= 0.6 is 23.2 Å². The zero-order valence-electron chi connectivity index (χ0n) is 14.5. The van der Waals surface area contributed by atoms with E-state index in [1.807, 2.05) is 24.3 Å². The van der Waals surface area contributed by atoms with Crippen LogP contribution in [0.3, 0.4) is 0 Å². The van der Waals surface area contributed by atoms with Crippen molar-refractivity contribution in [2.45, 2.75) is 19.8 Å². The maximum Gasteiger partial charge on any atom is 0.331 e. The van der Waals surface area contributed by atoms with E-state index in [0.29, 0.717) is 21.7 Å². The number of nitrogens with one attached hydrogen (secondary N) is 1. The Labute approximate surface area is 162 Å². The molecule has 0 saturated heterocycles. The van der Waals surface area contributed by atoms with Gasteiger partial charge in [0.2, 0.25) is 0 Å². The van der Waals surface area contributed by atoms with Crippen molar-refractivity contribution in [1.29, 1.82) is 0 Å². The summed E-state index contributed by atoms with van der Waals surface area (Å²) in [6, 6.07) is 12.6. The number of benzene rings is 2. The van der Waals surface area contributed by atoms with E-state index in [4.69, 9.17) is 27.9 Å². The van der Waals surface area contributed by atoms with Gasteiger partial charge in [-0.1, -0.05) is 61.3 Å². The molecule has 136 valence electrons. The molecule has 0 spiro atoms. The van der Waals surface area contributed by atoms with Gasteiger partial charge in [0.1, 0.15) is 0 Å². The summed E-state index contributed by atoms with van der Waals surface area (Å²) in [5.74, 6) is -0.610. The summed E-state index contributed by atoms with van der Waals surface area (Å²) in [5.41, 5.74) is 2.58. The van der Waals surface area contributed by atoms with Crippen molar-refractivity contribution in [3.8, 4) is 0 Å². The lowest BCUT2D eigenvalue weighted by Crippen LogP contribution is -2.20. The van der Waals surface area contributed by atoms with E-state index in [1.165, 1.54) is 17.7 Å². The number of hydrogen-bond donors (Lipinski definition) is 1. The van der Waals surface area contributed by atoms with Gasteiger partial charge in [-0.3, -0.25) is 4.79 Å². The number of ether oxygens (including phenoxy) is 1. The summed E-state index contributed by atoms with van der Waals surface area (Å²) in [5, 5.41) is 3.29. The second kappa shape index (κ2) is 9.41. The second-order valence-electron chi connectivity index (χ2n) is 5.94. The fourth-order valence-electron chi connectivity index (χ4n) is 2.11. The third kappa shape index (κ3) is 6.21. The summed E-state index contributed by atoms with van der Waals surface area (Å²) in [7, 11) is 0. The molecule has 4 nitrogen and oxygen atoms in total. The summed E-state index contributed by atoms with van der Waals surface area (Å²) < 4.78 is 4.92. The minimum atomic E-state index is -0.595. The maximum atomic E-state index is 11.8. The molecule has 2 rings (SSSR count). The van der Waals surface area contributed by atoms with Crippen LogP contribution in [0.5, 0.6) is 0 Å². The molecule has 6 heteroatoms. The van der Waals surface area contributed by atoms with E-state index in [-0.39, 0.29) is 0 Å². The monoisotopic (exact) mass is 391 g/mol. The van der Waals surface area contributed by atoms with Gasteiger partial charge in [-0.15, -0.1) is 0 Å². The van der Waals surface area contributed by atoms with E-state index in [2.05, 4.69) is 19.2 Å². The molecule has 26 heavy (non-hydrogen) atoms. The van der Waals surface area contributed by atoms with E-state index in [0.717, 1.165) is 5.56 Å². The van der Waals surface area contributed by atoms with Gasteiger partial charge in [0, 0.05) is 11.8 Å². The molecule has 0 saturated carbocycles. The van der Waals surface area contributed by atoms with Crippen LogP contribution < -0.4 is 5.32 Å². The van der Waals surface area contributed by atoms with Crippen molar-refractivity contribution in [2.75, 3.05) is 11.9 Å². The van der Waals surface area contributed by atoms with Crippen LogP contribution in [0.2, 0.25) is 10.0 Å². The average molecular weight is 392 g/mol. The Morgan fingerprint density at radius 1 is 1.08 bits per heavy atom. The molecule has 0 fully saturated rings. The van der Waals surface area contributed by atoms with E-state index >= 15 is 0 Å². The van der Waals surface area contributed by atoms with Crippen molar-refractivity contribution in [1.82, 2.24) is 0 Å².